The lowest BCUT2D eigenvalue weighted by atomic mass is 10.3. The Labute approximate surface area is 94.7 Å². The number of nitrogens with one attached hydrogen (secondary N) is 2. The molecule has 0 atom stereocenters. The normalized spacial score (nSPS) is 11.9. The number of halogens is 3. The van der Waals surface area contributed by atoms with Gasteiger partial charge in [-0.3, -0.25) is 0 Å². The second-order valence-corrected chi connectivity index (χ2v) is 4.55. The lowest BCUT2D eigenvalue weighted by Crippen LogP contribution is -2.42. The maximum Gasteiger partial charge on any atom is 0.516 e. The van der Waals surface area contributed by atoms with Crippen molar-refractivity contribution in [3.8, 4) is 0 Å². The van der Waals surface area contributed by atoms with E-state index in [4.69, 9.17) is 0 Å². The van der Waals surface area contributed by atoms with Crippen LogP contribution in [0.5, 0.6) is 0 Å². The first-order valence-electron chi connectivity index (χ1n) is 4.17. The van der Waals surface area contributed by atoms with Gasteiger partial charge in [-0.1, -0.05) is 18.2 Å². The summed E-state index contributed by atoms with van der Waals surface area (Å²) in [7, 11) is -5.68. The molecule has 0 saturated heterocycles. The average molecular weight is 268 g/mol. The van der Waals surface area contributed by atoms with E-state index in [1.165, 1.54) is 24.3 Å². The molecule has 1 aromatic rings. The maximum atomic E-state index is 11.9. The summed E-state index contributed by atoms with van der Waals surface area (Å²) in [5.74, 6) is 0. The van der Waals surface area contributed by atoms with Crippen molar-refractivity contribution in [3.05, 3.63) is 30.3 Å². The molecule has 0 bridgehead atoms. The minimum Gasteiger partial charge on any atom is -0.307 e. The van der Waals surface area contributed by atoms with Gasteiger partial charge in [0.15, 0.2) is 0 Å². The first-order chi connectivity index (χ1) is 7.72. The van der Waals surface area contributed by atoms with Crippen molar-refractivity contribution in [2.24, 2.45) is 0 Å². The highest BCUT2D eigenvalue weighted by Crippen LogP contribution is 2.21. The third-order valence-electron chi connectivity index (χ3n) is 1.56. The number of sulfonamides is 1. The van der Waals surface area contributed by atoms with E-state index in [-0.39, 0.29) is 5.69 Å². The van der Waals surface area contributed by atoms with Gasteiger partial charge in [-0.15, -0.1) is 0 Å². The summed E-state index contributed by atoms with van der Waals surface area (Å²) >= 11 is 0. The van der Waals surface area contributed by atoms with Crippen molar-refractivity contribution in [2.75, 3.05) is 5.32 Å². The number of hydrogen-bond acceptors (Lipinski definition) is 3. The molecule has 0 heterocycles. The molecule has 0 aliphatic rings. The van der Waals surface area contributed by atoms with Crippen molar-refractivity contribution in [1.29, 1.82) is 0 Å². The summed E-state index contributed by atoms with van der Waals surface area (Å²) in [4.78, 5) is 11.0. The van der Waals surface area contributed by atoms with Gasteiger partial charge < -0.3 is 5.32 Å². The minimum absolute atomic E-state index is 0.169. The maximum absolute atomic E-state index is 11.9. The molecule has 0 saturated carbocycles. The van der Waals surface area contributed by atoms with Crippen LogP contribution in [0, 0.1) is 0 Å². The van der Waals surface area contributed by atoms with E-state index in [0.717, 1.165) is 4.72 Å². The quantitative estimate of drug-likeness (QED) is 0.856. The van der Waals surface area contributed by atoms with Crippen LogP contribution in [0.25, 0.3) is 0 Å². The number of hydrogen-bond donors (Lipinski definition) is 2. The Morgan fingerprint density at radius 3 is 2.12 bits per heavy atom. The number of urea groups is 1. The fourth-order valence-corrected chi connectivity index (χ4v) is 1.27. The first-order valence-corrected chi connectivity index (χ1v) is 5.66. The van der Waals surface area contributed by atoms with Gasteiger partial charge in [-0.2, -0.15) is 21.6 Å². The summed E-state index contributed by atoms with van der Waals surface area (Å²) < 4.78 is 57.7. The van der Waals surface area contributed by atoms with Crippen LogP contribution >= 0.6 is 0 Å². The van der Waals surface area contributed by atoms with Crippen molar-refractivity contribution in [1.82, 2.24) is 4.72 Å². The van der Waals surface area contributed by atoms with Gasteiger partial charge in [0.1, 0.15) is 0 Å². The second-order valence-electron chi connectivity index (χ2n) is 2.87. The Balaban J connectivity index is 2.69. The highest BCUT2D eigenvalue weighted by atomic mass is 32.2. The summed E-state index contributed by atoms with van der Waals surface area (Å²) in [5.41, 5.74) is -5.36. The number of carbonyl (C=O) groups is 1. The number of amides is 2. The van der Waals surface area contributed by atoms with Crippen molar-refractivity contribution in [2.45, 2.75) is 5.51 Å². The summed E-state index contributed by atoms with van der Waals surface area (Å²) in [6.07, 6.45) is 0. The fraction of sp³-hybridized carbons (Fsp3) is 0.125. The molecule has 0 radical (unpaired) electrons. The number of anilines is 1. The molecule has 0 aliphatic heterocycles. The Bertz CT molecular complexity index is 498. The Morgan fingerprint density at radius 2 is 1.65 bits per heavy atom. The van der Waals surface area contributed by atoms with E-state index in [1.54, 1.807) is 6.07 Å². The van der Waals surface area contributed by atoms with E-state index in [2.05, 4.69) is 0 Å². The van der Waals surface area contributed by atoms with Gasteiger partial charge in [0, 0.05) is 5.69 Å². The molecule has 0 aliphatic carbocycles. The smallest absolute Gasteiger partial charge is 0.307 e. The molecular formula is C8H7F3N2O3S. The molecule has 2 amide bonds. The Hall–Kier alpha value is -1.77. The van der Waals surface area contributed by atoms with Gasteiger partial charge in [0.05, 0.1) is 0 Å². The molecule has 9 heteroatoms. The van der Waals surface area contributed by atoms with Crippen LogP contribution in [0.1, 0.15) is 0 Å². The molecule has 2 N–H and O–H groups in total. The topological polar surface area (TPSA) is 75.3 Å². The van der Waals surface area contributed by atoms with Gasteiger partial charge >= 0.3 is 21.6 Å². The van der Waals surface area contributed by atoms with Crippen LogP contribution in [0.3, 0.4) is 0 Å². The predicted octanol–water partition coefficient (Wildman–Crippen LogP) is 1.66. The summed E-state index contributed by atoms with van der Waals surface area (Å²) in [6.45, 7) is 0. The number of alkyl halides is 3. The lowest BCUT2D eigenvalue weighted by molar-refractivity contribution is -0.0444. The molecular weight excluding hydrogens is 261 g/mol. The largest absolute Gasteiger partial charge is 0.516 e. The second kappa shape index (κ2) is 4.62. The average Bonchev–Trinajstić information content (AvgIpc) is 2.16. The van der Waals surface area contributed by atoms with Crippen molar-refractivity contribution < 1.29 is 26.4 Å². The third kappa shape index (κ3) is 3.63. The zero-order chi connectivity index (χ0) is 13.1. The van der Waals surface area contributed by atoms with Crippen LogP contribution in [0.2, 0.25) is 0 Å². The summed E-state index contributed by atoms with van der Waals surface area (Å²) in [6, 6.07) is 5.96. The van der Waals surface area contributed by atoms with Crippen LogP contribution in [0.15, 0.2) is 30.3 Å². The number of benzene rings is 1. The molecule has 1 aromatic carbocycles. The van der Waals surface area contributed by atoms with Gasteiger partial charge in [-0.05, 0) is 12.1 Å². The molecule has 0 aromatic heterocycles. The monoisotopic (exact) mass is 268 g/mol. The van der Waals surface area contributed by atoms with E-state index < -0.39 is 21.6 Å². The van der Waals surface area contributed by atoms with Crippen LogP contribution in [0.4, 0.5) is 23.7 Å². The van der Waals surface area contributed by atoms with E-state index in [1.807, 2.05) is 5.32 Å². The lowest BCUT2D eigenvalue weighted by Gasteiger charge is -2.10. The molecule has 0 spiro atoms. The van der Waals surface area contributed by atoms with Crippen LogP contribution in [-0.4, -0.2) is 20.0 Å². The highest BCUT2D eigenvalue weighted by Gasteiger charge is 2.47. The summed E-state index contributed by atoms with van der Waals surface area (Å²) in [5, 5.41) is 1.94. The van der Waals surface area contributed by atoms with E-state index in [9.17, 15) is 26.4 Å². The molecule has 17 heavy (non-hydrogen) atoms. The molecule has 1 rings (SSSR count). The Morgan fingerprint density at radius 1 is 1.12 bits per heavy atom. The van der Waals surface area contributed by atoms with Gasteiger partial charge in [0.2, 0.25) is 0 Å². The zero-order valence-electron chi connectivity index (χ0n) is 8.15. The molecule has 0 unspecified atom stereocenters. The van der Waals surface area contributed by atoms with Crippen LogP contribution in [-0.2, 0) is 10.0 Å². The van der Waals surface area contributed by atoms with Crippen LogP contribution < -0.4 is 10.0 Å². The number of para-hydroxylation sites is 1. The van der Waals surface area contributed by atoms with Crippen molar-refractivity contribution >= 4 is 21.7 Å². The first kappa shape index (κ1) is 13.3. The highest BCUT2D eigenvalue weighted by molar-refractivity contribution is 7.90. The predicted molar refractivity (Wildman–Crippen MR) is 53.6 cm³/mol. The van der Waals surface area contributed by atoms with Crippen molar-refractivity contribution in [3.63, 3.8) is 0 Å². The van der Waals surface area contributed by atoms with E-state index in [0.29, 0.717) is 0 Å². The number of rotatable bonds is 2. The Kier molecular flexibility index (Phi) is 3.61. The fourth-order valence-electron chi connectivity index (χ4n) is 0.858. The molecule has 0 fully saturated rings. The third-order valence-corrected chi connectivity index (χ3v) is 2.63. The SMILES string of the molecule is O=C(Nc1ccccc1)NS(=O)(=O)C(F)(F)F. The standard InChI is InChI=1S/C8H7F3N2O3S/c9-8(10,11)17(15,16)13-7(14)12-6-4-2-1-3-5-6/h1-5H,(H2,12,13,14). The van der Waals surface area contributed by atoms with Gasteiger partial charge in [0.25, 0.3) is 0 Å². The minimum atomic E-state index is -5.68. The molecule has 94 valence electrons. The van der Waals surface area contributed by atoms with E-state index >= 15 is 0 Å². The van der Waals surface area contributed by atoms with Gasteiger partial charge in [-0.25, -0.2) is 9.52 Å². The molecule has 5 nitrogen and oxygen atoms in total. The number of carbonyl (C=O) groups excluding carboxylic acids is 1. The zero-order valence-corrected chi connectivity index (χ0v) is 8.97.